The third kappa shape index (κ3) is 1.88. The minimum absolute atomic E-state index is 0.0246. The van der Waals surface area contributed by atoms with E-state index in [0.717, 1.165) is 6.07 Å². The first kappa shape index (κ1) is 12.5. The zero-order chi connectivity index (χ0) is 14.3. The molecule has 1 aliphatic heterocycles. The number of Topliss-reactive ketones (excluding diaryl/α,β-unsaturated/α-hetero) is 1. The molecule has 0 aliphatic carbocycles. The van der Waals surface area contributed by atoms with Crippen LogP contribution in [0.25, 0.3) is 0 Å². The van der Waals surface area contributed by atoms with Crippen LogP contribution < -0.4 is 4.74 Å². The van der Waals surface area contributed by atoms with Crippen LogP contribution in [0.4, 0.5) is 0 Å². The molecule has 1 aliphatic rings. The summed E-state index contributed by atoms with van der Waals surface area (Å²) in [7, 11) is 0. The number of ketones is 1. The van der Waals surface area contributed by atoms with Crippen LogP contribution in [0, 0.1) is 0 Å². The lowest BCUT2D eigenvalue weighted by Crippen LogP contribution is -2.39. The number of benzene rings is 2. The lowest BCUT2D eigenvalue weighted by Gasteiger charge is -2.33. The SMILES string of the molecule is O=C1C[C@@](O)(c2ccccc2)Oc2cc(O)cc(O)c21. The molecule has 0 saturated heterocycles. The van der Waals surface area contributed by atoms with Gasteiger partial charge in [-0.3, -0.25) is 4.79 Å². The first-order valence-corrected chi connectivity index (χ1v) is 6.06. The number of phenolic OH excluding ortho intramolecular Hbond substituents is 2. The Labute approximate surface area is 114 Å². The number of carbonyl (C=O) groups is 1. The molecule has 102 valence electrons. The topological polar surface area (TPSA) is 87.0 Å². The van der Waals surface area contributed by atoms with Crippen molar-refractivity contribution in [1.29, 1.82) is 0 Å². The van der Waals surface area contributed by atoms with E-state index in [1.807, 2.05) is 0 Å². The van der Waals surface area contributed by atoms with E-state index < -0.39 is 11.6 Å². The summed E-state index contributed by atoms with van der Waals surface area (Å²) in [5, 5.41) is 29.7. The minimum Gasteiger partial charge on any atom is -0.508 e. The predicted molar refractivity (Wildman–Crippen MR) is 69.7 cm³/mol. The van der Waals surface area contributed by atoms with Gasteiger partial charge in [-0.15, -0.1) is 0 Å². The minimum atomic E-state index is -1.80. The number of carbonyl (C=O) groups excluding carboxylic acids is 1. The normalized spacial score (nSPS) is 21.1. The molecule has 5 heteroatoms. The zero-order valence-electron chi connectivity index (χ0n) is 10.4. The Morgan fingerprint density at radius 2 is 1.80 bits per heavy atom. The van der Waals surface area contributed by atoms with E-state index in [-0.39, 0.29) is 29.2 Å². The van der Waals surface area contributed by atoms with E-state index in [1.54, 1.807) is 30.3 Å². The zero-order valence-corrected chi connectivity index (χ0v) is 10.4. The Morgan fingerprint density at radius 3 is 2.50 bits per heavy atom. The van der Waals surface area contributed by atoms with Crippen LogP contribution in [0.3, 0.4) is 0 Å². The van der Waals surface area contributed by atoms with Gasteiger partial charge in [0.2, 0.25) is 5.79 Å². The average Bonchev–Trinajstić information content (AvgIpc) is 2.38. The molecular weight excluding hydrogens is 260 g/mol. The summed E-state index contributed by atoms with van der Waals surface area (Å²) in [4.78, 5) is 12.1. The van der Waals surface area contributed by atoms with Gasteiger partial charge in [0, 0.05) is 17.7 Å². The maximum absolute atomic E-state index is 12.1. The molecule has 0 spiro atoms. The summed E-state index contributed by atoms with van der Waals surface area (Å²) in [6.45, 7) is 0. The number of aromatic hydroxyl groups is 2. The molecule has 0 bridgehead atoms. The number of phenols is 2. The second kappa shape index (κ2) is 4.25. The van der Waals surface area contributed by atoms with E-state index in [0.29, 0.717) is 5.56 Å². The maximum Gasteiger partial charge on any atom is 0.242 e. The highest BCUT2D eigenvalue weighted by Gasteiger charge is 2.41. The van der Waals surface area contributed by atoms with Gasteiger partial charge < -0.3 is 20.1 Å². The quantitative estimate of drug-likeness (QED) is 0.738. The monoisotopic (exact) mass is 272 g/mol. The van der Waals surface area contributed by atoms with E-state index in [4.69, 9.17) is 4.74 Å². The first-order chi connectivity index (χ1) is 9.49. The lowest BCUT2D eigenvalue weighted by molar-refractivity contribution is -0.147. The number of ether oxygens (including phenoxy) is 1. The summed E-state index contributed by atoms with van der Waals surface area (Å²) in [6, 6.07) is 10.8. The van der Waals surface area contributed by atoms with Gasteiger partial charge in [-0.05, 0) is 0 Å². The van der Waals surface area contributed by atoms with Crippen molar-refractivity contribution in [2.75, 3.05) is 0 Å². The van der Waals surface area contributed by atoms with E-state index in [9.17, 15) is 20.1 Å². The van der Waals surface area contributed by atoms with Crippen LogP contribution in [-0.4, -0.2) is 21.1 Å². The Morgan fingerprint density at radius 1 is 1.10 bits per heavy atom. The molecule has 2 aromatic carbocycles. The lowest BCUT2D eigenvalue weighted by atomic mass is 9.92. The van der Waals surface area contributed by atoms with Crippen molar-refractivity contribution in [3.05, 3.63) is 53.6 Å². The molecule has 0 saturated carbocycles. The number of aliphatic hydroxyl groups is 1. The smallest absolute Gasteiger partial charge is 0.242 e. The van der Waals surface area contributed by atoms with Gasteiger partial charge >= 0.3 is 0 Å². The molecule has 0 aromatic heterocycles. The highest BCUT2D eigenvalue weighted by Crippen LogP contribution is 2.43. The van der Waals surface area contributed by atoms with E-state index in [2.05, 4.69) is 0 Å². The van der Waals surface area contributed by atoms with Crippen molar-refractivity contribution in [3.63, 3.8) is 0 Å². The molecule has 1 atom stereocenters. The number of rotatable bonds is 1. The molecular formula is C15H12O5. The highest BCUT2D eigenvalue weighted by molar-refractivity contribution is 6.03. The van der Waals surface area contributed by atoms with Crippen molar-refractivity contribution in [2.24, 2.45) is 0 Å². The fraction of sp³-hybridized carbons (Fsp3) is 0.133. The molecule has 0 unspecified atom stereocenters. The molecule has 5 nitrogen and oxygen atoms in total. The summed E-state index contributed by atoms with van der Waals surface area (Å²) in [5.74, 6) is -2.89. The van der Waals surface area contributed by atoms with Crippen LogP contribution >= 0.6 is 0 Å². The van der Waals surface area contributed by atoms with Crippen molar-refractivity contribution >= 4 is 5.78 Å². The van der Waals surface area contributed by atoms with Crippen LogP contribution in [0.15, 0.2) is 42.5 Å². The van der Waals surface area contributed by atoms with Crippen LogP contribution in [-0.2, 0) is 5.79 Å². The third-order valence-electron chi connectivity index (χ3n) is 3.25. The molecule has 3 rings (SSSR count). The highest BCUT2D eigenvalue weighted by atomic mass is 16.6. The van der Waals surface area contributed by atoms with Gasteiger partial charge in [-0.25, -0.2) is 0 Å². The van der Waals surface area contributed by atoms with E-state index >= 15 is 0 Å². The Balaban J connectivity index is 2.11. The first-order valence-electron chi connectivity index (χ1n) is 6.06. The molecule has 0 radical (unpaired) electrons. The van der Waals surface area contributed by atoms with Gasteiger partial charge in [-0.1, -0.05) is 30.3 Å². The fourth-order valence-electron chi connectivity index (χ4n) is 2.33. The second-order valence-corrected chi connectivity index (χ2v) is 4.69. The van der Waals surface area contributed by atoms with Crippen molar-refractivity contribution < 1.29 is 24.9 Å². The summed E-state index contributed by atoms with van der Waals surface area (Å²) >= 11 is 0. The van der Waals surface area contributed by atoms with Crippen LogP contribution in [0.1, 0.15) is 22.3 Å². The Bertz CT molecular complexity index is 680. The number of hydrogen-bond acceptors (Lipinski definition) is 5. The van der Waals surface area contributed by atoms with Gasteiger partial charge in [0.15, 0.2) is 5.78 Å². The molecule has 1 heterocycles. The van der Waals surface area contributed by atoms with Crippen molar-refractivity contribution in [3.8, 4) is 17.2 Å². The molecule has 3 N–H and O–H groups in total. The largest absolute Gasteiger partial charge is 0.508 e. The molecule has 0 amide bonds. The third-order valence-corrected chi connectivity index (χ3v) is 3.25. The van der Waals surface area contributed by atoms with Crippen molar-refractivity contribution in [1.82, 2.24) is 0 Å². The molecule has 2 aromatic rings. The van der Waals surface area contributed by atoms with Gasteiger partial charge in [0.1, 0.15) is 22.8 Å². The van der Waals surface area contributed by atoms with Gasteiger partial charge in [-0.2, -0.15) is 0 Å². The van der Waals surface area contributed by atoms with Crippen LogP contribution in [0.2, 0.25) is 0 Å². The summed E-state index contributed by atoms with van der Waals surface area (Å²) in [6.07, 6.45) is -0.303. The fourth-order valence-corrected chi connectivity index (χ4v) is 2.33. The number of hydrogen-bond donors (Lipinski definition) is 3. The predicted octanol–water partition coefficient (Wildman–Crippen LogP) is 1.91. The van der Waals surface area contributed by atoms with Crippen molar-refractivity contribution in [2.45, 2.75) is 12.2 Å². The van der Waals surface area contributed by atoms with E-state index in [1.165, 1.54) is 6.07 Å². The summed E-state index contributed by atoms with van der Waals surface area (Å²) < 4.78 is 5.45. The summed E-state index contributed by atoms with van der Waals surface area (Å²) in [5.41, 5.74) is 0.408. The van der Waals surface area contributed by atoms with Crippen LogP contribution in [0.5, 0.6) is 17.2 Å². The number of fused-ring (bicyclic) bond motifs is 1. The maximum atomic E-state index is 12.1. The standard InChI is InChI=1S/C15H12O5/c16-10-6-11(17)14-12(18)8-15(19,20-13(14)7-10)9-4-2-1-3-5-9/h1-7,16-17,19H,8H2/t15-/m0/s1. The molecule has 0 fully saturated rings. The van der Waals surface area contributed by atoms with Gasteiger partial charge in [0.05, 0.1) is 6.42 Å². The second-order valence-electron chi connectivity index (χ2n) is 4.69. The van der Waals surface area contributed by atoms with Gasteiger partial charge in [0.25, 0.3) is 0 Å². The average molecular weight is 272 g/mol. The Hall–Kier alpha value is -2.53. The molecule has 20 heavy (non-hydrogen) atoms. The Kier molecular flexibility index (Phi) is 2.65.